The highest BCUT2D eigenvalue weighted by molar-refractivity contribution is 6.39. The van der Waals surface area contributed by atoms with Crippen molar-refractivity contribution in [2.75, 3.05) is 5.32 Å². The van der Waals surface area contributed by atoms with E-state index in [1.165, 1.54) is 23.8 Å². The molecule has 0 aromatic heterocycles. The van der Waals surface area contributed by atoms with Gasteiger partial charge < -0.3 is 10.6 Å². The number of nitrogens with one attached hydrogen (secondary N) is 2. The van der Waals surface area contributed by atoms with Crippen LogP contribution in [-0.2, 0) is 16.1 Å². The van der Waals surface area contributed by atoms with Gasteiger partial charge in [-0.15, -0.1) is 0 Å². The van der Waals surface area contributed by atoms with Crippen molar-refractivity contribution in [3.63, 3.8) is 0 Å². The summed E-state index contributed by atoms with van der Waals surface area (Å²) >= 11 is 0. The van der Waals surface area contributed by atoms with Gasteiger partial charge in [0.2, 0.25) is 0 Å². The van der Waals surface area contributed by atoms with E-state index in [0.29, 0.717) is 17.2 Å². The van der Waals surface area contributed by atoms with Crippen molar-refractivity contribution in [2.24, 2.45) is 0 Å². The smallest absolute Gasteiger partial charge is 0.313 e. The average molecular weight is 328 g/mol. The fourth-order valence-electron chi connectivity index (χ4n) is 2.23. The van der Waals surface area contributed by atoms with E-state index in [-0.39, 0.29) is 12.4 Å². The van der Waals surface area contributed by atoms with Crippen molar-refractivity contribution < 1.29 is 14.0 Å². The largest absolute Gasteiger partial charge is 0.344 e. The summed E-state index contributed by atoms with van der Waals surface area (Å²) < 4.78 is 13.0. The number of anilines is 1. The molecule has 2 rings (SSSR count). The molecule has 126 valence electrons. The molecule has 2 aromatic carbocycles. The third-order valence-electron chi connectivity index (χ3n) is 3.74. The van der Waals surface area contributed by atoms with Gasteiger partial charge in [-0.05, 0) is 47.7 Å². The summed E-state index contributed by atoms with van der Waals surface area (Å²) in [6.07, 6.45) is 0. The number of benzene rings is 2. The highest BCUT2D eigenvalue weighted by Gasteiger charge is 2.14. The van der Waals surface area contributed by atoms with Crippen LogP contribution in [0.1, 0.15) is 36.5 Å². The van der Waals surface area contributed by atoms with Gasteiger partial charge in [0.05, 0.1) is 0 Å². The van der Waals surface area contributed by atoms with Gasteiger partial charge in [0.1, 0.15) is 5.82 Å². The number of hydrogen-bond acceptors (Lipinski definition) is 2. The summed E-state index contributed by atoms with van der Waals surface area (Å²) in [5.41, 5.74) is 3.10. The van der Waals surface area contributed by atoms with Crippen molar-refractivity contribution in [1.29, 1.82) is 0 Å². The fourth-order valence-corrected chi connectivity index (χ4v) is 2.23. The molecule has 2 amide bonds. The molecule has 0 saturated heterocycles. The first-order valence-electron chi connectivity index (χ1n) is 7.81. The van der Waals surface area contributed by atoms with Gasteiger partial charge in [-0.3, -0.25) is 9.59 Å². The van der Waals surface area contributed by atoms with Gasteiger partial charge in [-0.2, -0.15) is 0 Å². The van der Waals surface area contributed by atoms with Crippen LogP contribution in [0.2, 0.25) is 0 Å². The Balaban J connectivity index is 1.90. The standard InChI is InChI=1S/C19H21FN2O2/c1-12(2)15-6-4-14(5-7-15)11-21-18(23)19(24)22-17-9-8-16(20)10-13(17)3/h4-10,12H,11H2,1-3H3,(H,21,23)(H,22,24). The van der Waals surface area contributed by atoms with Crippen molar-refractivity contribution in [2.45, 2.75) is 33.2 Å². The zero-order valence-corrected chi connectivity index (χ0v) is 14.0. The zero-order valence-electron chi connectivity index (χ0n) is 14.0. The summed E-state index contributed by atoms with van der Waals surface area (Å²) in [6, 6.07) is 11.8. The Morgan fingerprint density at radius 1 is 1.04 bits per heavy atom. The lowest BCUT2D eigenvalue weighted by atomic mass is 10.0. The van der Waals surface area contributed by atoms with Crippen LogP contribution < -0.4 is 10.6 Å². The molecule has 2 N–H and O–H groups in total. The van der Waals surface area contributed by atoms with Crippen LogP contribution >= 0.6 is 0 Å². The maximum Gasteiger partial charge on any atom is 0.313 e. The van der Waals surface area contributed by atoms with E-state index in [0.717, 1.165) is 5.56 Å². The van der Waals surface area contributed by atoms with Crippen molar-refractivity contribution in [1.82, 2.24) is 5.32 Å². The van der Waals surface area contributed by atoms with Gasteiger partial charge in [0.15, 0.2) is 0 Å². The molecule has 0 aliphatic carbocycles. The molecule has 0 bridgehead atoms. The summed E-state index contributed by atoms with van der Waals surface area (Å²) in [4.78, 5) is 23.8. The lowest BCUT2D eigenvalue weighted by Gasteiger charge is -2.10. The SMILES string of the molecule is Cc1cc(F)ccc1NC(=O)C(=O)NCc1ccc(C(C)C)cc1. The Labute approximate surface area is 141 Å². The van der Waals surface area contributed by atoms with Gasteiger partial charge in [0, 0.05) is 12.2 Å². The fraction of sp³-hybridized carbons (Fsp3) is 0.263. The summed E-state index contributed by atoms with van der Waals surface area (Å²) in [6.45, 7) is 6.15. The molecule has 0 radical (unpaired) electrons. The number of aryl methyl sites for hydroxylation is 1. The van der Waals surface area contributed by atoms with Crippen molar-refractivity contribution >= 4 is 17.5 Å². The molecule has 4 nitrogen and oxygen atoms in total. The Morgan fingerprint density at radius 2 is 1.71 bits per heavy atom. The minimum atomic E-state index is -0.775. The van der Waals surface area contributed by atoms with Crippen LogP contribution in [0.3, 0.4) is 0 Å². The third kappa shape index (κ3) is 4.65. The Bertz CT molecular complexity index is 740. The molecule has 0 atom stereocenters. The van der Waals surface area contributed by atoms with Crippen LogP contribution in [0.4, 0.5) is 10.1 Å². The Morgan fingerprint density at radius 3 is 2.29 bits per heavy atom. The maximum atomic E-state index is 13.0. The predicted molar refractivity (Wildman–Crippen MR) is 92.1 cm³/mol. The normalized spacial score (nSPS) is 10.5. The molecular formula is C19H21FN2O2. The van der Waals surface area contributed by atoms with Crippen molar-refractivity contribution in [3.8, 4) is 0 Å². The lowest BCUT2D eigenvalue weighted by molar-refractivity contribution is -0.136. The highest BCUT2D eigenvalue weighted by Crippen LogP contribution is 2.16. The predicted octanol–water partition coefficient (Wildman–Crippen LogP) is 3.51. The zero-order chi connectivity index (χ0) is 17.7. The van der Waals surface area contributed by atoms with E-state index in [4.69, 9.17) is 0 Å². The van der Waals surface area contributed by atoms with Crippen LogP contribution in [0.15, 0.2) is 42.5 Å². The van der Waals surface area contributed by atoms with Gasteiger partial charge in [-0.25, -0.2) is 4.39 Å². The number of carbonyl (C=O) groups is 2. The molecule has 24 heavy (non-hydrogen) atoms. The molecule has 0 aliphatic heterocycles. The second-order valence-corrected chi connectivity index (χ2v) is 5.99. The maximum absolute atomic E-state index is 13.0. The Kier molecular flexibility index (Phi) is 5.68. The molecule has 0 spiro atoms. The molecule has 0 heterocycles. The molecule has 0 fully saturated rings. The van der Waals surface area contributed by atoms with E-state index in [1.807, 2.05) is 24.3 Å². The van der Waals surface area contributed by atoms with Gasteiger partial charge in [0.25, 0.3) is 0 Å². The minimum Gasteiger partial charge on any atom is -0.344 e. The minimum absolute atomic E-state index is 0.271. The molecule has 0 unspecified atom stereocenters. The summed E-state index contributed by atoms with van der Waals surface area (Å²) in [5.74, 6) is -1.45. The molecular weight excluding hydrogens is 307 g/mol. The van der Waals surface area contributed by atoms with Crippen LogP contribution in [0.5, 0.6) is 0 Å². The second kappa shape index (κ2) is 7.73. The third-order valence-corrected chi connectivity index (χ3v) is 3.74. The highest BCUT2D eigenvalue weighted by atomic mass is 19.1. The summed E-state index contributed by atoms with van der Waals surface area (Å²) in [5, 5.41) is 5.05. The quantitative estimate of drug-likeness (QED) is 0.844. The van der Waals surface area contributed by atoms with Crippen molar-refractivity contribution in [3.05, 3.63) is 65.0 Å². The van der Waals surface area contributed by atoms with E-state index in [1.54, 1.807) is 6.92 Å². The van der Waals surface area contributed by atoms with Crippen LogP contribution in [0, 0.1) is 12.7 Å². The van der Waals surface area contributed by atoms with E-state index >= 15 is 0 Å². The first-order chi connectivity index (χ1) is 11.4. The number of hydrogen-bond donors (Lipinski definition) is 2. The van der Waals surface area contributed by atoms with Gasteiger partial charge in [-0.1, -0.05) is 38.1 Å². The molecule has 0 saturated carbocycles. The summed E-state index contributed by atoms with van der Waals surface area (Å²) in [7, 11) is 0. The first-order valence-corrected chi connectivity index (χ1v) is 7.81. The number of carbonyl (C=O) groups excluding carboxylic acids is 2. The van der Waals surface area contributed by atoms with Crippen LogP contribution in [0.25, 0.3) is 0 Å². The van der Waals surface area contributed by atoms with Gasteiger partial charge >= 0.3 is 11.8 Å². The second-order valence-electron chi connectivity index (χ2n) is 5.99. The van der Waals surface area contributed by atoms with E-state index in [2.05, 4.69) is 24.5 Å². The lowest BCUT2D eigenvalue weighted by Crippen LogP contribution is -2.35. The monoisotopic (exact) mass is 328 g/mol. The molecule has 2 aromatic rings. The Hall–Kier alpha value is -2.69. The van der Waals surface area contributed by atoms with E-state index < -0.39 is 11.8 Å². The molecule has 0 aliphatic rings. The first kappa shape index (κ1) is 17.7. The number of halogens is 1. The number of amides is 2. The van der Waals surface area contributed by atoms with E-state index in [9.17, 15) is 14.0 Å². The number of rotatable bonds is 4. The average Bonchev–Trinajstić information content (AvgIpc) is 2.55. The van der Waals surface area contributed by atoms with Crippen LogP contribution in [-0.4, -0.2) is 11.8 Å². The molecule has 5 heteroatoms. The topological polar surface area (TPSA) is 58.2 Å².